The topological polar surface area (TPSA) is 73.2 Å². The second kappa shape index (κ2) is 8.03. The zero-order valence-corrected chi connectivity index (χ0v) is 18.3. The predicted molar refractivity (Wildman–Crippen MR) is 113 cm³/mol. The highest BCUT2D eigenvalue weighted by Crippen LogP contribution is 2.47. The number of benzene rings is 1. The summed E-state index contributed by atoms with van der Waals surface area (Å²) in [5.41, 5.74) is 1.94. The number of Topliss-reactive ketones (excluding diaryl/α,β-unsaturated/α-hetero) is 1. The van der Waals surface area contributed by atoms with Crippen molar-refractivity contribution in [2.75, 3.05) is 6.54 Å². The van der Waals surface area contributed by atoms with Gasteiger partial charge in [-0.1, -0.05) is 60.1 Å². The molecule has 1 aromatic heterocycles. The van der Waals surface area contributed by atoms with Crippen LogP contribution in [0.25, 0.3) is 0 Å². The molecule has 29 heavy (non-hydrogen) atoms. The summed E-state index contributed by atoms with van der Waals surface area (Å²) in [7, 11) is 0. The third kappa shape index (κ3) is 3.78. The Bertz CT molecular complexity index is 911. The molecule has 1 aromatic carbocycles. The quantitative estimate of drug-likeness (QED) is 0.702. The van der Waals surface area contributed by atoms with E-state index in [9.17, 15) is 9.59 Å². The average Bonchev–Trinajstić information content (AvgIpc) is 3.15. The standard InChI is InChI=1S/C22H26BrN3O3/c1-14(2)17-11-22(8-9-24-17)10-16-12-25-26(18(16)19(27)20(22)23)21(28)29-13-15-6-4-3-5-7-15/h3-7,12,14,17,20,24H,8-11,13H2,1-2H3. The lowest BCUT2D eigenvalue weighted by Gasteiger charge is -2.47. The van der Waals surface area contributed by atoms with Crippen LogP contribution in [-0.4, -0.2) is 39.1 Å². The van der Waals surface area contributed by atoms with E-state index in [1.807, 2.05) is 30.3 Å². The normalized spacial score (nSPS) is 26.6. The van der Waals surface area contributed by atoms with Gasteiger partial charge in [0.2, 0.25) is 0 Å². The van der Waals surface area contributed by atoms with Crippen LogP contribution in [0, 0.1) is 11.3 Å². The molecular weight excluding hydrogens is 434 g/mol. The van der Waals surface area contributed by atoms with E-state index in [0.717, 1.165) is 41.6 Å². The van der Waals surface area contributed by atoms with Crippen molar-refractivity contribution in [3.05, 3.63) is 53.3 Å². The summed E-state index contributed by atoms with van der Waals surface area (Å²) in [6.45, 7) is 5.44. The van der Waals surface area contributed by atoms with E-state index in [0.29, 0.717) is 17.7 Å². The minimum Gasteiger partial charge on any atom is -0.443 e. The molecule has 1 saturated heterocycles. The van der Waals surface area contributed by atoms with Gasteiger partial charge in [0.25, 0.3) is 0 Å². The van der Waals surface area contributed by atoms with E-state index in [4.69, 9.17) is 4.74 Å². The molecule has 7 heteroatoms. The SMILES string of the molecule is CC(C)C1CC2(CCN1)Cc1cnn(C(=O)OCc3ccccc3)c1C(=O)C2Br. The number of alkyl halides is 1. The Labute approximate surface area is 179 Å². The maximum atomic E-state index is 13.3. The van der Waals surface area contributed by atoms with Crippen LogP contribution in [-0.2, 0) is 17.8 Å². The maximum absolute atomic E-state index is 13.3. The molecule has 1 fully saturated rings. The van der Waals surface area contributed by atoms with E-state index in [-0.39, 0.29) is 22.6 Å². The summed E-state index contributed by atoms with van der Waals surface area (Å²) in [6.07, 6.45) is 3.62. The lowest BCUT2D eigenvalue weighted by atomic mass is 9.64. The molecule has 1 spiro atoms. The Morgan fingerprint density at radius 1 is 1.38 bits per heavy atom. The third-order valence-electron chi connectivity index (χ3n) is 6.23. The van der Waals surface area contributed by atoms with Gasteiger partial charge in [-0.25, -0.2) is 4.79 Å². The van der Waals surface area contributed by atoms with Crippen molar-refractivity contribution in [1.29, 1.82) is 0 Å². The molecule has 1 aliphatic carbocycles. The van der Waals surface area contributed by atoms with Gasteiger partial charge in [-0.2, -0.15) is 9.78 Å². The van der Waals surface area contributed by atoms with Crippen molar-refractivity contribution < 1.29 is 14.3 Å². The number of hydrogen-bond donors (Lipinski definition) is 1. The summed E-state index contributed by atoms with van der Waals surface area (Å²) in [5, 5.41) is 7.79. The smallest absolute Gasteiger partial charge is 0.435 e. The van der Waals surface area contributed by atoms with E-state index in [1.54, 1.807) is 6.20 Å². The predicted octanol–water partition coefficient (Wildman–Crippen LogP) is 3.96. The first-order valence-electron chi connectivity index (χ1n) is 10.1. The number of rotatable bonds is 3. The largest absolute Gasteiger partial charge is 0.443 e. The fourth-order valence-corrected chi connectivity index (χ4v) is 5.34. The molecule has 4 rings (SSSR count). The number of nitrogens with one attached hydrogen (secondary N) is 1. The van der Waals surface area contributed by atoms with E-state index in [1.165, 1.54) is 0 Å². The Morgan fingerprint density at radius 3 is 2.86 bits per heavy atom. The average molecular weight is 460 g/mol. The molecule has 3 unspecified atom stereocenters. The first-order chi connectivity index (χ1) is 13.9. The van der Waals surface area contributed by atoms with Crippen LogP contribution < -0.4 is 5.32 Å². The molecule has 3 atom stereocenters. The summed E-state index contributed by atoms with van der Waals surface area (Å²) in [6, 6.07) is 9.84. The first kappa shape index (κ1) is 20.3. The van der Waals surface area contributed by atoms with Crippen LogP contribution in [0.3, 0.4) is 0 Å². The number of fused-ring (bicyclic) bond motifs is 1. The first-order valence-corrected chi connectivity index (χ1v) is 11.0. The molecular formula is C22H26BrN3O3. The second-order valence-electron chi connectivity index (χ2n) is 8.50. The number of carbonyl (C=O) groups excluding carboxylic acids is 2. The molecule has 2 aromatic rings. The number of carbonyl (C=O) groups is 2. The van der Waals surface area contributed by atoms with Crippen molar-refractivity contribution in [2.45, 2.75) is 50.6 Å². The number of halogens is 1. The number of ether oxygens (including phenoxy) is 1. The van der Waals surface area contributed by atoms with Crippen molar-refractivity contribution in [2.24, 2.45) is 11.3 Å². The number of piperidine rings is 1. The summed E-state index contributed by atoms with van der Waals surface area (Å²) >= 11 is 3.69. The zero-order chi connectivity index (χ0) is 20.6. The molecule has 1 aliphatic heterocycles. The lowest BCUT2D eigenvalue weighted by Crippen LogP contribution is -2.54. The van der Waals surface area contributed by atoms with E-state index < -0.39 is 6.09 Å². The van der Waals surface area contributed by atoms with Gasteiger partial charge in [-0.3, -0.25) is 4.79 Å². The monoisotopic (exact) mass is 459 g/mol. The van der Waals surface area contributed by atoms with Gasteiger partial charge in [0.15, 0.2) is 5.78 Å². The van der Waals surface area contributed by atoms with E-state index in [2.05, 4.69) is 40.2 Å². The van der Waals surface area contributed by atoms with Gasteiger partial charge in [-0.15, -0.1) is 0 Å². The molecule has 2 heterocycles. The van der Waals surface area contributed by atoms with Crippen LogP contribution >= 0.6 is 15.9 Å². The number of nitrogens with zero attached hydrogens (tertiary/aromatic N) is 2. The number of ketones is 1. The Morgan fingerprint density at radius 2 is 2.14 bits per heavy atom. The minimum atomic E-state index is -0.621. The van der Waals surface area contributed by atoms with Gasteiger partial charge in [0, 0.05) is 11.6 Å². The maximum Gasteiger partial charge on any atom is 0.435 e. The highest BCUT2D eigenvalue weighted by molar-refractivity contribution is 9.10. The minimum absolute atomic E-state index is 0.0789. The molecule has 0 bridgehead atoms. The van der Waals surface area contributed by atoms with Crippen molar-refractivity contribution >= 4 is 27.8 Å². The van der Waals surface area contributed by atoms with Crippen LogP contribution in [0.2, 0.25) is 0 Å². The van der Waals surface area contributed by atoms with Crippen molar-refractivity contribution in [3.63, 3.8) is 0 Å². The summed E-state index contributed by atoms with van der Waals surface area (Å²) in [4.78, 5) is 25.6. The molecule has 6 nitrogen and oxygen atoms in total. The van der Waals surface area contributed by atoms with Crippen molar-refractivity contribution in [3.8, 4) is 0 Å². The molecule has 2 aliphatic rings. The molecule has 1 N–H and O–H groups in total. The van der Waals surface area contributed by atoms with Gasteiger partial charge < -0.3 is 10.1 Å². The Kier molecular flexibility index (Phi) is 5.62. The van der Waals surface area contributed by atoms with E-state index >= 15 is 0 Å². The Hall–Kier alpha value is -1.99. The second-order valence-corrected chi connectivity index (χ2v) is 9.41. The van der Waals surface area contributed by atoms with Crippen LogP contribution in [0.5, 0.6) is 0 Å². The van der Waals surface area contributed by atoms with Gasteiger partial charge >= 0.3 is 6.09 Å². The molecule has 0 radical (unpaired) electrons. The molecule has 0 amide bonds. The molecule has 154 valence electrons. The van der Waals surface area contributed by atoms with Gasteiger partial charge in [0.1, 0.15) is 12.3 Å². The number of aromatic nitrogens is 2. The third-order valence-corrected chi connectivity index (χ3v) is 7.61. The molecule has 0 saturated carbocycles. The fraction of sp³-hybridized carbons (Fsp3) is 0.500. The summed E-state index contributed by atoms with van der Waals surface area (Å²) < 4.78 is 6.52. The Balaban J connectivity index is 1.56. The lowest BCUT2D eigenvalue weighted by molar-refractivity contribution is 0.0783. The van der Waals surface area contributed by atoms with Gasteiger partial charge in [-0.05, 0) is 42.7 Å². The van der Waals surface area contributed by atoms with Crippen molar-refractivity contribution in [1.82, 2.24) is 15.1 Å². The fourth-order valence-electron chi connectivity index (χ4n) is 4.54. The highest BCUT2D eigenvalue weighted by atomic mass is 79.9. The number of hydrogen-bond acceptors (Lipinski definition) is 5. The van der Waals surface area contributed by atoms with Crippen LogP contribution in [0.1, 0.15) is 48.3 Å². The van der Waals surface area contributed by atoms with Crippen LogP contribution in [0.15, 0.2) is 36.5 Å². The summed E-state index contributed by atoms with van der Waals surface area (Å²) in [5.74, 6) is 0.420. The van der Waals surface area contributed by atoms with Crippen LogP contribution in [0.4, 0.5) is 4.79 Å². The zero-order valence-electron chi connectivity index (χ0n) is 16.7. The highest BCUT2D eigenvalue weighted by Gasteiger charge is 2.50. The van der Waals surface area contributed by atoms with Gasteiger partial charge in [0.05, 0.1) is 11.0 Å².